The molecule has 1 aliphatic heterocycles. The standard InChI is InChI=1S/C13H14F2N2O2/c1-7(9-4-3-8(14)5-10(9)15)16-11-6-12(18)17(2)13(11)19/h3-5,7,11,16H,6H2,1-2H3. The average molecular weight is 268 g/mol. The van der Waals surface area contributed by atoms with Crippen LogP contribution in [0.5, 0.6) is 0 Å². The number of hydrogen-bond acceptors (Lipinski definition) is 3. The number of carbonyl (C=O) groups excluding carboxylic acids is 2. The predicted molar refractivity (Wildman–Crippen MR) is 64.1 cm³/mol. The molecule has 2 rings (SSSR count). The van der Waals surface area contributed by atoms with E-state index in [-0.39, 0.29) is 23.8 Å². The van der Waals surface area contributed by atoms with E-state index < -0.39 is 23.7 Å². The minimum atomic E-state index is -0.676. The summed E-state index contributed by atoms with van der Waals surface area (Å²) in [5, 5.41) is 2.89. The third-order valence-corrected chi connectivity index (χ3v) is 3.26. The van der Waals surface area contributed by atoms with Gasteiger partial charge in [-0.1, -0.05) is 6.07 Å². The number of halogens is 2. The molecule has 1 N–H and O–H groups in total. The van der Waals surface area contributed by atoms with E-state index in [1.165, 1.54) is 13.1 Å². The molecule has 2 unspecified atom stereocenters. The van der Waals surface area contributed by atoms with Crippen molar-refractivity contribution in [3.8, 4) is 0 Å². The van der Waals surface area contributed by atoms with Crippen molar-refractivity contribution in [2.24, 2.45) is 0 Å². The molecule has 6 heteroatoms. The molecule has 1 aromatic carbocycles. The number of imide groups is 1. The van der Waals surface area contributed by atoms with Crippen molar-refractivity contribution in [1.29, 1.82) is 0 Å². The molecule has 102 valence electrons. The smallest absolute Gasteiger partial charge is 0.246 e. The fourth-order valence-corrected chi connectivity index (χ4v) is 2.13. The highest BCUT2D eigenvalue weighted by Crippen LogP contribution is 2.20. The van der Waals surface area contributed by atoms with Gasteiger partial charge in [0, 0.05) is 24.7 Å². The Hall–Kier alpha value is -1.82. The van der Waals surface area contributed by atoms with Crippen LogP contribution in [-0.2, 0) is 9.59 Å². The summed E-state index contributed by atoms with van der Waals surface area (Å²) in [6.07, 6.45) is 0.0580. The molecule has 1 heterocycles. The zero-order valence-corrected chi connectivity index (χ0v) is 10.6. The Bertz CT molecular complexity index is 533. The average Bonchev–Trinajstić information content (AvgIpc) is 2.57. The van der Waals surface area contributed by atoms with Crippen LogP contribution in [0.1, 0.15) is 24.9 Å². The lowest BCUT2D eigenvalue weighted by molar-refractivity contribution is -0.137. The van der Waals surface area contributed by atoms with E-state index in [9.17, 15) is 18.4 Å². The van der Waals surface area contributed by atoms with Crippen LogP contribution in [-0.4, -0.2) is 29.8 Å². The van der Waals surface area contributed by atoms with Gasteiger partial charge in [0.1, 0.15) is 11.6 Å². The Balaban J connectivity index is 2.11. The second-order valence-corrected chi connectivity index (χ2v) is 4.60. The number of nitrogens with zero attached hydrogens (tertiary/aromatic N) is 1. The van der Waals surface area contributed by atoms with Crippen LogP contribution in [0, 0.1) is 11.6 Å². The molecule has 0 saturated carbocycles. The van der Waals surface area contributed by atoms with Gasteiger partial charge >= 0.3 is 0 Å². The van der Waals surface area contributed by atoms with Gasteiger partial charge in [0.05, 0.1) is 12.5 Å². The summed E-state index contributed by atoms with van der Waals surface area (Å²) in [7, 11) is 1.41. The SMILES string of the molecule is CC(NC1CC(=O)N(C)C1=O)c1ccc(F)cc1F. The first kappa shape index (κ1) is 13.6. The molecular formula is C13H14F2N2O2. The first-order valence-electron chi connectivity index (χ1n) is 5.91. The number of hydrogen-bond donors (Lipinski definition) is 1. The summed E-state index contributed by atoms with van der Waals surface area (Å²) < 4.78 is 26.4. The lowest BCUT2D eigenvalue weighted by Gasteiger charge is -2.18. The minimum absolute atomic E-state index is 0.0580. The van der Waals surface area contributed by atoms with Crippen molar-refractivity contribution < 1.29 is 18.4 Å². The number of rotatable bonds is 3. The first-order chi connectivity index (χ1) is 8.90. The predicted octanol–water partition coefficient (Wildman–Crippen LogP) is 1.37. The molecule has 0 spiro atoms. The Kier molecular flexibility index (Phi) is 3.61. The molecule has 0 aliphatic carbocycles. The second-order valence-electron chi connectivity index (χ2n) is 4.60. The molecule has 1 saturated heterocycles. The van der Waals surface area contributed by atoms with Gasteiger partial charge in [-0.05, 0) is 13.0 Å². The Morgan fingerprint density at radius 3 is 2.58 bits per heavy atom. The van der Waals surface area contributed by atoms with Crippen LogP contribution in [0.25, 0.3) is 0 Å². The second kappa shape index (κ2) is 5.05. The van der Waals surface area contributed by atoms with Crippen LogP contribution >= 0.6 is 0 Å². The van der Waals surface area contributed by atoms with E-state index >= 15 is 0 Å². The van der Waals surface area contributed by atoms with Crippen molar-refractivity contribution in [3.63, 3.8) is 0 Å². The van der Waals surface area contributed by atoms with E-state index in [1.807, 2.05) is 0 Å². The van der Waals surface area contributed by atoms with Crippen LogP contribution in [0.2, 0.25) is 0 Å². The fourth-order valence-electron chi connectivity index (χ4n) is 2.13. The molecule has 19 heavy (non-hydrogen) atoms. The largest absolute Gasteiger partial charge is 0.299 e. The number of benzene rings is 1. The van der Waals surface area contributed by atoms with Crippen molar-refractivity contribution in [2.75, 3.05) is 7.05 Å². The van der Waals surface area contributed by atoms with Crippen molar-refractivity contribution in [3.05, 3.63) is 35.4 Å². The normalized spacial score (nSPS) is 21.1. The molecule has 1 aliphatic rings. The number of likely N-dealkylation sites (tertiary alicyclic amines) is 1. The van der Waals surface area contributed by atoms with Gasteiger partial charge in [0.2, 0.25) is 11.8 Å². The van der Waals surface area contributed by atoms with E-state index in [1.54, 1.807) is 6.92 Å². The van der Waals surface area contributed by atoms with Gasteiger partial charge in [-0.2, -0.15) is 0 Å². The highest BCUT2D eigenvalue weighted by Gasteiger charge is 2.36. The van der Waals surface area contributed by atoms with Gasteiger partial charge < -0.3 is 0 Å². The maximum atomic E-state index is 13.6. The van der Waals surface area contributed by atoms with E-state index in [0.717, 1.165) is 17.0 Å². The zero-order valence-electron chi connectivity index (χ0n) is 10.6. The Morgan fingerprint density at radius 2 is 2.05 bits per heavy atom. The molecule has 0 bridgehead atoms. The van der Waals surface area contributed by atoms with Crippen LogP contribution in [0.3, 0.4) is 0 Å². The highest BCUT2D eigenvalue weighted by atomic mass is 19.1. The van der Waals surface area contributed by atoms with Gasteiger partial charge in [0.25, 0.3) is 0 Å². The van der Waals surface area contributed by atoms with Crippen LogP contribution < -0.4 is 5.32 Å². The fraction of sp³-hybridized carbons (Fsp3) is 0.385. The summed E-state index contributed by atoms with van der Waals surface area (Å²) in [6.45, 7) is 1.66. The van der Waals surface area contributed by atoms with Gasteiger partial charge in [-0.3, -0.25) is 19.8 Å². The molecule has 4 nitrogen and oxygen atoms in total. The highest BCUT2D eigenvalue weighted by molar-refractivity contribution is 6.05. The van der Waals surface area contributed by atoms with Crippen molar-refractivity contribution >= 4 is 11.8 Å². The molecular weight excluding hydrogens is 254 g/mol. The summed E-state index contributed by atoms with van der Waals surface area (Å²) in [4.78, 5) is 24.1. The molecule has 2 atom stereocenters. The number of carbonyl (C=O) groups is 2. The Morgan fingerprint density at radius 1 is 1.37 bits per heavy atom. The van der Waals surface area contributed by atoms with Crippen molar-refractivity contribution in [2.45, 2.75) is 25.4 Å². The summed E-state index contributed by atoms with van der Waals surface area (Å²) in [5.74, 6) is -1.93. The topological polar surface area (TPSA) is 49.4 Å². The molecule has 0 radical (unpaired) electrons. The lowest BCUT2D eigenvalue weighted by Crippen LogP contribution is -2.38. The summed E-state index contributed by atoms with van der Waals surface area (Å²) in [6, 6.07) is 2.13. The summed E-state index contributed by atoms with van der Waals surface area (Å²) in [5.41, 5.74) is 0.260. The number of amides is 2. The lowest BCUT2D eigenvalue weighted by atomic mass is 10.1. The number of likely N-dealkylation sites (N-methyl/N-ethyl adjacent to an activating group) is 1. The molecule has 2 amide bonds. The van der Waals surface area contributed by atoms with Crippen LogP contribution in [0.15, 0.2) is 18.2 Å². The Labute approximate surface area is 109 Å². The maximum absolute atomic E-state index is 13.6. The van der Waals surface area contributed by atoms with Gasteiger partial charge in [-0.25, -0.2) is 8.78 Å². The molecule has 1 fully saturated rings. The third-order valence-electron chi connectivity index (χ3n) is 3.26. The monoisotopic (exact) mass is 268 g/mol. The quantitative estimate of drug-likeness (QED) is 0.842. The van der Waals surface area contributed by atoms with E-state index in [0.29, 0.717) is 0 Å². The summed E-state index contributed by atoms with van der Waals surface area (Å²) >= 11 is 0. The zero-order chi connectivity index (χ0) is 14.2. The molecule has 1 aromatic rings. The van der Waals surface area contributed by atoms with Gasteiger partial charge in [-0.15, -0.1) is 0 Å². The third kappa shape index (κ3) is 2.63. The molecule has 0 aromatic heterocycles. The maximum Gasteiger partial charge on any atom is 0.246 e. The number of nitrogens with one attached hydrogen (secondary N) is 1. The van der Waals surface area contributed by atoms with Crippen molar-refractivity contribution in [1.82, 2.24) is 10.2 Å². The van der Waals surface area contributed by atoms with E-state index in [4.69, 9.17) is 0 Å². The first-order valence-corrected chi connectivity index (χ1v) is 5.91. The van der Waals surface area contributed by atoms with E-state index in [2.05, 4.69) is 5.32 Å². The van der Waals surface area contributed by atoms with Gasteiger partial charge in [0.15, 0.2) is 0 Å². The minimum Gasteiger partial charge on any atom is -0.299 e. The van der Waals surface area contributed by atoms with Crippen LogP contribution in [0.4, 0.5) is 8.78 Å².